The van der Waals surface area contributed by atoms with Crippen LogP contribution in [0, 0.1) is 6.92 Å². The molecule has 1 amide bonds. The van der Waals surface area contributed by atoms with Crippen molar-refractivity contribution in [3.8, 4) is 5.75 Å². The van der Waals surface area contributed by atoms with E-state index in [0.717, 1.165) is 21.3 Å². The van der Waals surface area contributed by atoms with E-state index in [-0.39, 0.29) is 12.5 Å². The maximum atomic E-state index is 12.2. The number of carbonyl (C=O) groups is 1. The Balaban J connectivity index is 1.59. The van der Waals surface area contributed by atoms with Gasteiger partial charge in [-0.25, -0.2) is 0 Å². The van der Waals surface area contributed by atoms with Crippen molar-refractivity contribution in [2.24, 2.45) is 0 Å². The Morgan fingerprint density at radius 1 is 1.21 bits per heavy atom. The lowest BCUT2D eigenvalue weighted by Crippen LogP contribution is -2.22. The molecule has 0 unspecified atom stereocenters. The quantitative estimate of drug-likeness (QED) is 0.545. The number of nitrogens with zero attached hydrogens (tertiary/aromatic N) is 3. The molecular weight excluding hydrogens is 396 g/mol. The van der Waals surface area contributed by atoms with Crippen LogP contribution in [0.1, 0.15) is 18.1 Å². The highest BCUT2D eigenvalue weighted by Crippen LogP contribution is 2.27. The van der Waals surface area contributed by atoms with Crippen LogP contribution in [-0.4, -0.2) is 27.3 Å². The van der Waals surface area contributed by atoms with Crippen molar-refractivity contribution in [3.63, 3.8) is 0 Å². The first-order valence-electron chi connectivity index (χ1n) is 8.85. The van der Waals surface area contributed by atoms with Crippen LogP contribution in [0.4, 0.5) is 5.95 Å². The van der Waals surface area contributed by atoms with Crippen LogP contribution in [0.25, 0.3) is 0 Å². The van der Waals surface area contributed by atoms with E-state index < -0.39 is 0 Å². The topological polar surface area (TPSA) is 69.0 Å². The van der Waals surface area contributed by atoms with E-state index in [4.69, 9.17) is 16.3 Å². The minimum absolute atomic E-state index is 0.0951. The van der Waals surface area contributed by atoms with Gasteiger partial charge in [0, 0.05) is 17.3 Å². The highest BCUT2D eigenvalue weighted by atomic mass is 35.5. The van der Waals surface area contributed by atoms with Gasteiger partial charge in [0.2, 0.25) is 5.95 Å². The molecule has 0 saturated carbocycles. The zero-order valence-corrected chi connectivity index (χ0v) is 17.3. The zero-order valence-electron chi connectivity index (χ0n) is 15.7. The summed E-state index contributed by atoms with van der Waals surface area (Å²) >= 11 is 7.73. The fraction of sp³-hybridized carbons (Fsp3) is 0.250. The third-order valence-corrected chi connectivity index (χ3v) is 5.34. The van der Waals surface area contributed by atoms with E-state index in [9.17, 15) is 4.79 Å². The summed E-state index contributed by atoms with van der Waals surface area (Å²) in [5, 5.41) is 12.5. The molecule has 2 aromatic carbocycles. The number of aryl methyl sites for hydroxylation is 1. The molecule has 146 valence electrons. The van der Waals surface area contributed by atoms with E-state index >= 15 is 0 Å². The Labute approximate surface area is 173 Å². The predicted octanol–water partition coefficient (Wildman–Crippen LogP) is 4.57. The summed E-state index contributed by atoms with van der Waals surface area (Å²) in [7, 11) is 0. The Hall–Kier alpha value is -2.51. The molecule has 8 heteroatoms. The molecule has 1 N–H and O–H groups in total. The molecule has 0 radical (unpaired) electrons. The van der Waals surface area contributed by atoms with Crippen molar-refractivity contribution in [1.82, 2.24) is 14.8 Å². The Kier molecular flexibility index (Phi) is 6.95. The minimum Gasteiger partial charge on any atom is -0.484 e. The largest absolute Gasteiger partial charge is 0.484 e. The van der Waals surface area contributed by atoms with Gasteiger partial charge in [-0.2, -0.15) is 0 Å². The highest BCUT2D eigenvalue weighted by Gasteiger charge is 2.15. The number of anilines is 1. The summed E-state index contributed by atoms with van der Waals surface area (Å²) < 4.78 is 7.38. The van der Waals surface area contributed by atoms with Crippen LogP contribution < -0.4 is 10.1 Å². The van der Waals surface area contributed by atoms with E-state index in [1.54, 1.807) is 0 Å². The van der Waals surface area contributed by atoms with Crippen LogP contribution >= 0.6 is 23.4 Å². The molecule has 1 heterocycles. The third-order valence-electron chi connectivity index (χ3n) is 3.96. The molecule has 28 heavy (non-hydrogen) atoms. The predicted molar refractivity (Wildman–Crippen MR) is 112 cm³/mol. The molecule has 0 spiro atoms. The van der Waals surface area contributed by atoms with Crippen LogP contribution in [-0.2, 0) is 17.1 Å². The molecule has 0 saturated heterocycles. The van der Waals surface area contributed by atoms with Gasteiger partial charge in [-0.1, -0.05) is 53.7 Å². The van der Waals surface area contributed by atoms with Gasteiger partial charge in [0.15, 0.2) is 11.8 Å². The first kappa shape index (κ1) is 20.2. The SMILES string of the molecule is CCn1c(NC(=O)COc2cccc(C)c2)nnc1SCc1ccccc1Cl. The summed E-state index contributed by atoms with van der Waals surface area (Å²) in [6, 6.07) is 15.2. The Morgan fingerprint density at radius 2 is 2.04 bits per heavy atom. The summed E-state index contributed by atoms with van der Waals surface area (Å²) in [5.41, 5.74) is 2.10. The monoisotopic (exact) mass is 416 g/mol. The highest BCUT2D eigenvalue weighted by molar-refractivity contribution is 7.98. The Morgan fingerprint density at radius 3 is 2.79 bits per heavy atom. The van der Waals surface area contributed by atoms with Crippen LogP contribution in [0.5, 0.6) is 5.75 Å². The molecule has 0 atom stereocenters. The normalized spacial score (nSPS) is 10.7. The first-order chi connectivity index (χ1) is 13.6. The number of hydrogen-bond donors (Lipinski definition) is 1. The molecule has 0 bridgehead atoms. The molecular formula is C20H21ClN4O2S. The number of rotatable bonds is 8. The molecule has 0 aliphatic heterocycles. The summed E-state index contributed by atoms with van der Waals surface area (Å²) in [4.78, 5) is 12.2. The van der Waals surface area contributed by atoms with Gasteiger partial charge >= 0.3 is 0 Å². The standard InChI is InChI=1S/C20H21ClN4O2S/c1-3-25-19(22-18(26)12-27-16-9-6-7-14(2)11-16)23-24-20(25)28-13-15-8-4-5-10-17(15)21/h4-11H,3,12-13H2,1-2H3,(H,22,23,26). The van der Waals surface area contributed by atoms with Crippen LogP contribution in [0.2, 0.25) is 5.02 Å². The van der Waals surface area contributed by atoms with Gasteiger partial charge in [0.1, 0.15) is 5.75 Å². The first-order valence-corrected chi connectivity index (χ1v) is 10.2. The van der Waals surface area contributed by atoms with Crippen LogP contribution in [0.15, 0.2) is 53.7 Å². The second kappa shape index (κ2) is 9.61. The lowest BCUT2D eigenvalue weighted by atomic mass is 10.2. The van der Waals surface area contributed by atoms with Gasteiger partial charge in [-0.3, -0.25) is 14.7 Å². The fourth-order valence-corrected chi connectivity index (χ4v) is 3.83. The van der Waals surface area contributed by atoms with E-state index in [0.29, 0.717) is 24.0 Å². The van der Waals surface area contributed by atoms with Crippen molar-refractivity contribution in [1.29, 1.82) is 0 Å². The number of amides is 1. The van der Waals surface area contributed by atoms with Crippen molar-refractivity contribution >= 4 is 35.2 Å². The van der Waals surface area contributed by atoms with Crippen molar-refractivity contribution < 1.29 is 9.53 Å². The molecule has 0 fully saturated rings. The molecule has 0 aliphatic rings. The molecule has 6 nitrogen and oxygen atoms in total. The second-order valence-corrected chi connectivity index (χ2v) is 7.43. The van der Waals surface area contributed by atoms with Gasteiger partial charge in [0.25, 0.3) is 5.91 Å². The Bertz CT molecular complexity index is 961. The molecule has 3 aromatic rings. The average Bonchev–Trinajstić information content (AvgIpc) is 3.07. The number of halogens is 1. The summed E-state index contributed by atoms with van der Waals surface area (Å²) in [6.07, 6.45) is 0. The van der Waals surface area contributed by atoms with Crippen molar-refractivity contribution in [2.45, 2.75) is 31.3 Å². The summed E-state index contributed by atoms with van der Waals surface area (Å²) in [6.45, 7) is 4.48. The minimum atomic E-state index is -0.286. The molecule has 1 aromatic heterocycles. The number of benzene rings is 2. The van der Waals surface area contributed by atoms with Crippen LogP contribution in [0.3, 0.4) is 0 Å². The number of hydrogen-bond acceptors (Lipinski definition) is 5. The summed E-state index contributed by atoms with van der Waals surface area (Å²) in [5.74, 6) is 1.44. The lowest BCUT2D eigenvalue weighted by Gasteiger charge is -2.10. The number of ether oxygens (including phenoxy) is 1. The zero-order chi connectivity index (χ0) is 19.9. The second-order valence-electron chi connectivity index (χ2n) is 6.08. The number of thioether (sulfide) groups is 1. The number of nitrogens with one attached hydrogen (secondary N) is 1. The molecule has 0 aliphatic carbocycles. The van der Waals surface area contributed by atoms with E-state index in [2.05, 4.69) is 15.5 Å². The van der Waals surface area contributed by atoms with Gasteiger partial charge in [-0.15, -0.1) is 10.2 Å². The number of carbonyl (C=O) groups excluding carboxylic acids is 1. The number of aromatic nitrogens is 3. The third kappa shape index (κ3) is 5.27. The van der Waals surface area contributed by atoms with E-state index in [1.807, 2.05) is 66.9 Å². The van der Waals surface area contributed by atoms with Gasteiger partial charge in [0.05, 0.1) is 0 Å². The maximum absolute atomic E-state index is 12.2. The van der Waals surface area contributed by atoms with Crippen molar-refractivity contribution in [2.75, 3.05) is 11.9 Å². The maximum Gasteiger partial charge on any atom is 0.264 e. The average molecular weight is 417 g/mol. The fourth-order valence-electron chi connectivity index (χ4n) is 2.55. The smallest absolute Gasteiger partial charge is 0.264 e. The van der Waals surface area contributed by atoms with E-state index in [1.165, 1.54) is 11.8 Å². The lowest BCUT2D eigenvalue weighted by molar-refractivity contribution is -0.118. The molecule has 3 rings (SSSR count). The van der Waals surface area contributed by atoms with Gasteiger partial charge < -0.3 is 4.74 Å². The van der Waals surface area contributed by atoms with Crippen molar-refractivity contribution in [3.05, 3.63) is 64.7 Å². The van der Waals surface area contributed by atoms with Gasteiger partial charge in [-0.05, 0) is 43.2 Å².